The molecule has 1 saturated heterocycles. The molecule has 3 rings (SSSR count). The van der Waals surface area contributed by atoms with Crippen LogP contribution in [-0.2, 0) is 11.2 Å². The molecule has 126 valence electrons. The van der Waals surface area contributed by atoms with Gasteiger partial charge in [0.1, 0.15) is 0 Å². The number of piperidine rings is 1. The minimum atomic E-state index is -0.216. The van der Waals surface area contributed by atoms with Crippen LogP contribution in [0.2, 0.25) is 5.02 Å². The van der Waals surface area contributed by atoms with Crippen LogP contribution < -0.4 is 0 Å². The van der Waals surface area contributed by atoms with Crippen LogP contribution in [0.5, 0.6) is 0 Å². The Hall–Kier alpha value is -1.06. The molecule has 1 aromatic carbocycles. The van der Waals surface area contributed by atoms with Gasteiger partial charge in [-0.05, 0) is 56.2 Å². The Kier molecular flexibility index (Phi) is 5.27. The lowest BCUT2D eigenvalue weighted by Crippen LogP contribution is -2.49. The van der Waals surface area contributed by atoms with Gasteiger partial charge >= 0.3 is 0 Å². The summed E-state index contributed by atoms with van der Waals surface area (Å²) in [6.07, 6.45) is 7.32. The Bertz CT molecular complexity index is 545. The number of halogens is 1. The van der Waals surface area contributed by atoms with E-state index in [9.17, 15) is 9.90 Å². The first-order valence-electron chi connectivity index (χ1n) is 8.79. The third kappa shape index (κ3) is 3.89. The van der Waals surface area contributed by atoms with Crippen molar-refractivity contribution >= 4 is 17.5 Å². The largest absolute Gasteiger partial charge is 0.392 e. The summed E-state index contributed by atoms with van der Waals surface area (Å²) in [4.78, 5) is 14.5. The highest BCUT2D eigenvalue weighted by Gasteiger charge is 2.45. The molecule has 1 aromatic rings. The minimum absolute atomic E-state index is 0.00983. The molecule has 1 saturated carbocycles. The quantitative estimate of drug-likeness (QED) is 0.908. The van der Waals surface area contributed by atoms with Crippen LogP contribution in [-0.4, -0.2) is 35.1 Å². The summed E-state index contributed by atoms with van der Waals surface area (Å²) in [7, 11) is 0. The minimum Gasteiger partial charge on any atom is -0.392 e. The predicted molar refractivity (Wildman–Crippen MR) is 92.5 cm³/mol. The van der Waals surface area contributed by atoms with Crippen LogP contribution in [0.4, 0.5) is 0 Å². The van der Waals surface area contributed by atoms with Gasteiger partial charge in [-0.3, -0.25) is 4.79 Å². The van der Waals surface area contributed by atoms with Crippen LogP contribution >= 0.6 is 11.6 Å². The number of rotatable bonds is 4. The van der Waals surface area contributed by atoms with Crippen molar-refractivity contribution in [1.29, 1.82) is 0 Å². The summed E-state index contributed by atoms with van der Waals surface area (Å²) in [5.74, 6) is 0.247. The molecule has 0 radical (unpaired) electrons. The normalized spacial score (nSPS) is 27.6. The Balaban J connectivity index is 1.49. The molecule has 3 nitrogen and oxygen atoms in total. The van der Waals surface area contributed by atoms with Crippen molar-refractivity contribution in [3.05, 3.63) is 34.9 Å². The van der Waals surface area contributed by atoms with Crippen LogP contribution in [0, 0.1) is 5.41 Å². The first kappa shape index (κ1) is 16.8. The maximum Gasteiger partial charge on any atom is 0.222 e. The van der Waals surface area contributed by atoms with Crippen LogP contribution in [0.15, 0.2) is 24.3 Å². The molecule has 1 spiro atoms. The van der Waals surface area contributed by atoms with E-state index in [0.29, 0.717) is 6.42 Å². The second kappa shape index (κ2) is 7.23. The number of hydrogen-bond acceptors (Lipinski definition) is 2. The fourth-order valence-corrected chi connectivity index (χ4v) is 4.35. The van der Waals surface area contributed by atoms with E-state index in [1.165, 1.54) is 5.56 Å². The average Bonchev–Trinajstić information content (AvgIpc) is 2.89. The molecule has 1 aliphatic heterocycles. The molecule has 23 heavy (non-hydrogen) atoms. The lowest BCUT2D eigenvalue weighted by Gasteiger charge is -2.42. The van der Waals surface area contributed by atoms with Gasteiger partial charge < -0.3 is 10.0 Å². The number of aliphatic hydroxyl groups is 1. The fraction of sp³-hybridized carbons (Fsp3) is 0.632. The molecule has 1 N–H and O–H groups in total. The molecule has 0 unspecified atom stereocenters. The lowest BCUT2D eigenvalue weighted by molar-refractivity contribution is -0.136. The summed E-state index contributed by atoms with van der Waals surface area (Å²) < 4.78 is 0. The van der Waals surface area contributed by atoms with Crippen molar-refractivity contribution in [2.45, 2.75) is 57.5 Å². The standard InChI is InChI=1S/C19H26ClNO2/c20-16-9-7-15(8-10-16)4-1-6-18(23)21-13-3-12-19(14-21)11-2-5-17(19)22/h7-10,17,22H,1-6,11-14H2/t17-,19+/m1/s1. The van der Waals surface area contributed by atoms with Gasteiger partial charge in [0.05, 0.1) is 6.10 Å². The van der Waals surface area contributed by atoms with Crippen LogP contribution in [0.3, 0.4) is 0 Å². The zero-order valence-corrected chi connectivity index (χ0v) is 14.4. The predicted octanol–water partition coefficient (Wildman–Crippen LogP) is 3.82. The Morgan fingerprint density at radius 1 is 1.26 bits per heavy atom. The molecule has 2 atom stereocenters. The van der Waals surface area contributed by atoms with Crippen molar-refractivity contribution < 1.29 is 9.90 Å². The highest BCUT2D eigenvalue weighted by atomic mass is 35.5. The van der Waals surface area contributed by atoms with Gasteiger partial charge in [-0.2, -0.15) is 0 Å². The third-order valence-corrected chi connectivity index (χ3v) is 5.84. The number of amides is 1. The van der Waals surface area contributed by atoms with Gasteiger partial charge in [-0.15, -0.1) is 0 Å². The van der Waals surface area contributed by atoms with Gasteiger partial charge in [0.2, 0.25) is 5.91 Å². The van der Waals surface area contributed by atoms with Gasteiger partial charge in [-0.25, -0.2) is 0 Å². The first-order valence-corrected chi connectivity index (χ1v) is 9.17. The first-order chi connectivity index (χ1) is 11.1. The lowest BCUT2D eigenvalue weighted by atomic mass is 9.76. The van der Waals surface area contributed by atoms with E-state index in [1.807, 2.05) is 29.2 Å². The highest BCUT2D eigenvalue weighted by molar-refractivity contribution is 6.30. The monoisotopic (exact) mass is 335 g/mol. The zero-order chi connectivity index (χ0) is 16.3. The Morgan fingerprint density at radius 2 is 2.00 bits per heavy atom. The molecule has 1 aliphatic carbocycles. The van der Waals surface area contributed by atoms with E-state index < -0.39 is 0 Å². The van der Waals surface area contributed by atoms with E-state index in [0.717, 1.165) is 63.1 Å². The van der Waals surface area contributed by atoms with Crippen molar-refractivity contribution in [3.8, 4) is 0 Å². The van der Waals surface area contributed by atoms with E-state index in [4.69, 9.17) is 11.6 Å². The summed E-state index contributed by atoms with van der Waals surface area (Å²) >= 11 is 5.89. The van der Waals surface area contributed by atoms with E-state index in [-0.39, 0.29) is 17.4 Å². The van der Waals surface area contributed by atoms with Gasteiger partial charge in [0.25, 0.3) is 0 Å². The molecule has 2 fully saturated rings. The smallest absolute Gasteiger partial charge is 0.222 e. The number of hydrogen-bond donors (Lipinski definition) is 1. The van der Waals surface area contributed by atoms with Crippen molar-refractivity contribution in [3.63, 3.8) is 0 Å². The number of carbonyl (C=O) groups is 1. The molecular formula is C19H26ClNO2. The number of likely N-dealkylation sites (tertiary alicyclic amines) is 1. The van der Waals surface area contributed by atoms with E-state index in [1.54, 1.807) is 0 Å². The number of carbonyl (C=O) groups excluding carboxylic acids is 1. The Labute approximate surface area is 143 Å². The highest BCUT2D eigenvalue weighted by Crippen LogP contribution is 2.45. The fourth-order valence-electron chi connectivity index (χ4n) is 4.22. The summed E-state index contributed by atoms with van der Waals surface area (Å²) in [6.45, 7) is 1.61. The number of benzene rings is 1. The topological polar surface area (TPSA) is 40.5 Å². The second-order valence-corrected chi connectivity index (χ2v) is 7.61. The number of nitrogens with zero attached hydrogens (tertiary/aromatic N) is 1. The maximum atomic E-state index is 12.5. The zero-order valence-electron chi connectivity index (χ0n) is 13.6. The summed E-state index contributed by atoms with van der Waals surface area (Å²) in [6, 6.07) is 7.85. The SMILES string of the molecule is O=C(CCCc1ccc(Cl)cc1)N1CCC[C@@]2(CCC[C@H]2O)C1. The average molecular weight is 336 g/mol. The summed E-state index contributed by atoms with van der Waals surface area (Å²) in [5.41, 5.74) is 1.22. The number of aliphatic hydroxyl groups excluding tert-OH is 1. The number of aryl methyl sites for hydroxylation is 1. The Morgan fingerprint density at radius 3 is 2.70 bits per heavy atom. The molecule has 4 heteroatoms. The molecular weight excluding hydrogens is 310 g/mol. The van der Waals surface area contributed by atoms with E-state index >= 15 is 0 Å². The summed E-state index contributed by atoms with van der Waals surface area (Å²) in [5, 5.41) is 11.1. The van der Waals surface area contributed by atoms with Crippen LogP contribution in [0.25, 0.3) is 0 Å². The molecule has 1 amide bonds. The van der Waals surface area contributed by atoms with Crippen molar-refractivity contribution in [1.82, 2.24) is 4.90 Å². The van der Waals surface area contributed by atoms with Crippen LogP contribution in [0.1, 0.15) is 50.5 Å². The molecule has 0 aromatic heterocycles. The second-order valence-electron chi connectivity index (χ2n) is 7.17. The molecule has 2 aliphatic rings. The van der Waals surface area contributed by atoms with E-state index in [2.05, 4.69) is 0 Å². The maximum absolute atomic E-state index is 12.5. The van der Waals surface area contributed by atoms with Gasteiger partial charge in [0, 0.05) is 29.9 Å². The van der Waals surface area contributed by atoms with Crippen molar-refractivity contribution in [2.75, 3.05) is 13.1 Å². The van der Waals surface area contributed by atoms with Gasteiger partial charge in [-0.1, -0.05) is 30.2 Å². The third-order valence-electron chi connectivity index (χ3n) is 5.59. The molecule has 0 bridgehead atoms. The van der Waals surface area contributed by atoms with Gasteiger partial charge in [0.15, 0.2) is 0 Å². The van der Waals surface area contributed by atoms with Crippen molar-refractivity contribution in [2.24, 2.45) is 5.41 Å². The molecule has 1 heterocycles.